The Morgan fingerprint density at radius 3 is 2.60 bits per heavy atom. The second-order valence-corrected chi connectivity index (χ2v) is 15.0. The van der Waals surface area contributed by atoms with Crippen molar-refractivity contribution in [3.63, 3.8) is 0 Å². The van der Waals surface area contributed by atoms with Gasteiger partial charge >= 0.3 is 0 Å². The third kappa shape index (κ3) is 8.54. The van der Waals surface area contributed by atoms with E-state index in [9.17, 15) is 18.0 Å². The van der Waals surface area contributed by atoms with Gasteiger partial charge in [-0.15, -0.1) is 24.1 Å². The number of carbonyl (C=O) groups excluding carboxylic acids is 2. The minimum Gasteiger partial charge on any atom is -0.385 e. The summed E-state index contributed by atoms with van der Waals surface area (Å²) in [6.07, 6.45) is 16.6. The molecule has 0 saturated carbocycles. The Morgan fingerprint density at radius 2 is 1.90 bits per heavy atom. The van der Waals surface area contributed by atoms with Crippen molar-refractivity contribution >= 4 is 68.1 Å². The monoisotopic (exact) mass is 628 g/mol. The smallest absolute Gasteiger partial charge is 0.228 e. The van der Waals surface area contributed by atoms with E-state index in [1.165, 1.54) is 6.26 Å². The van der Waals surface area contributed by atoms with Crippen molar-refractivity contribution < 1.29 is 18.0 Å². The fourth-order valence-corrected chi connectivity index (χ4v) is 8.26. The second kappa shape index (κ2) is 15.3. The SMILES string of the molecule is C#CC/C=C(\SC)SN1CCCC(C(=O)Nc2ccc(NCCC3CCN(S(C)(=O)=O)CC3)c3c(C=O)cccc23)C1. The molecule has 2 aliphatic heterocycles. The highest BCUT2D eigenvalue weighted by Gasteiger charge is 2.28. The number of nitrogens with zero attached hydrogens (tertiary/aromatic N) is 2. The number of fused-ring (bicyclic) bond motifs is 1. The first-order chi connectivity index (χ1) is 20.2. The Kier molecular flexibility index (Phi) is 11.8. The number of aldehydes is 1. The maximum Gasteiger partial charge on any atom is 0.228 e. The molecular weight excluding hydrogens is 589 g/mol. The molecule has 1 unspecified atom stereocenters. The number of benzene rings is 2. The Balaban J connectivity index is 1.42. The summed E-state index contributed by atoms with van der Waals surface area (Å²) in [5.74, 6) is 2.94. The van der Waals surface area contributed by atoms with Crippen molar-refractivity contribution in [3.8, 4) is 12.3 Å². The molecule has 1 atom stereocenters. The summed E-state index contributed by atoms with van der Waals surface area (Å²) in [7, 11) is -3.13. The lowest BCUT2D eigenvalue weighted by Gasteiger charge is -2.31. The Hall–Kier alpha value is -2.49. The van der Waals surface area contributed by atoms with E-state index >= 15 is 0 Å². The molecule has 8 nitrogen and oxygen atoms in total. The molecule has 0 bridgehead atoms. The van der Waals surface area contributed by atoms with E-state index in [1.54, 1.807) is 34.1 Å². The van der Waals surface area contributed by atoms with Gasteiger partial charge in [0.25, 0.3) is 0 Å². The van der Waals surface area contributed by atoms with Crippen LogP contribution in [-0.2, 0) is 14.8 Å². The first-order valence-corrected chi connectivity index (χ1v) is 18.2. The van der Waals surface area contributed by atoms with Crippen LogP contribution in [0.2, 0.25) is 0 Å². The Bertz CT molecular complexity index is 1450. The van der Waals surface area contributed by atoms with Crippen LogP contribution in [0.5, 0.6) is 0 Å². The summed E-state index contributed by atoms with van der Waals surface area (Å²) in [5.41, 5.74) is 2.11. The zero-order valence-corrected chi connectivity index (χ0v) is 26.8. The number of carbonyl (C=O) groups is 2. The fourth-order valence-electron chi connectivity index (χ4n) is 5.63. The lowest BCUT2D eigenvalue weighted by Crippen LogP contribution is -2.38. The van der Waals surface area contributed by atoms with Crippen molar-refractivity contribution in [1.82, 2.24) is 8.61 Å². The van der Waals surface area contributed by atoms with E-state index in [4.69, 9.17) is 6.42 Å². The van der Waals surface area contributed by atoms with Crippen molar-refractivity contribution in [1.29, 1.82) is 0 Å². The first-order valence-electron chi connectivity index (χ1n) is 14.3. The van der Waals surface area contributed by atoms with Crippen molar-refractivity contribution in [3.05, 3.63) is 46.2 Å². The topological polar surface area (TPSA) is 98.8 Å². The maximum absolute atomic E-state index is 13.4. The predicted octanol–water partition coefficient (Wildman–Crippen LogP) is 5.65. The van der Waals surface area contributed by atoms with Crippen LogP contribution in [0.4, 0.5) is 11.4 Å². The fraction of sp³-hybridized carbons (Fsp3) is 0.484. The first kappa shape index (κ1) is 32.4. The van der Waals surface area contributed by atoms with E-state index in [2.05, 4.69) is 20.9 Å². The van der Waals surface area contributed by atoms with Gasteiger partial charge in [0.15, 0.2) is 6.29 Å². The predicted molar refractivity (Wildman–Crippen MR) is 177 cm³/mol. The Labute approximate surface area is 258 Å². The summed E-state index contributed by atoms with van der Waals surface area (Å²) < 4.78 is 28.5. The van der Waals surface area contributed by atoms with E-state index in [1.807, 2.05) is 36.6 Å². The number of rotatable bonds is 12. The van der Waals surface area contributed by atoms with Crippen LogP contribution < -0.4 is 10.6 Å². The normalized spacial score (nSPS) is 19.4. The number of hydrogen-bond acceptors (Lipinski definition) is 8. The van der Waals surface area contributed by atoms with Crippen LogP contribution in [0.1, 0.15) is 48.9 Å². The van der Waals surface area contributed by atoms with Crippen molar-refractivity contribution in [2.24, 2.45) is 11.8 Å². The van der Waals surface area contributed by atoms with E-state index in [0.717, 1.165) is 65.6 Å². The quantitative estimate of drug-likeness (QED) is 0.177. The van der Waals surface area contributed by atoms with Crippen molar-refractivity contribution in [2.45, 2.75) is 38.5 Å². The van der Waals surface area contributed by atoms with Gasteiger partial charge in [0.05, 0.1) is 16.4 Å². The molecule has 2 N–H and O–H groups in total. The maximum atomic E-state index is 13.4. The summed E-state index contributed by atoms with van der Waals surface area (Å²) >= 11 is 3.33. The van der Waals surface area contributed by atoms with Gasteiger partial charge in [-0.2, -0.15) is 0 Å². The van der Waals surface area contributed by atoms with E-state index in [0.29, 0.717) is 49.8 Å². The highest BCUT2D eigenvalue weighted by atomic mass is 32.2. The van der Waals surface area contributed by atoms with Gasteiger partial charge in [-0.05, 0) is 68.4 Å². The van der Waals surface area contributed by atoms with Crippen LogP contribution in [0.15, 0.2) is 40.6 Å². The summed E-state index contributed by atoms with van der Waals surface area (Å²) in [5, 5.41) is 8.28. The molecule has 2 aromatic rings. The number of anilines is 2. The average molecular weight is 629 g/mol. The highest BCUT2D eigenvalue weighted by Crippen LogP contribution is 2.36. The van der Waals surface area contributed by atoms with Gasteiger partial charge in [0, 0.05) is 66.9 Å². The van der Waals surface area contributed by atoms with E-state index in [-0.39, 0.29) is 11.8 Å². The molecule has 2 aromatic carbocycles. The third-order valence-electron chi connectivity index (χ3n) is 7.93. The number of amides is 1. The number of sulfonamides is 1. The second-order valence-electron chi connectivity index (χ2n) is 10.8. The third-order valence-corrected chi connectivity index (χ3v) is 11.5. The lowest BCUT2D eigenvalue weighted by molar-refractivity contribution is -0.120. The van der Waals surface area contributed by atoms with Gasteiger partial charge < -0.3 is 10.6 Å². The number of piperidine rings is 2. The molecule has 0 aliphatic carbocycles. The zero-order chi connectivity index (χ0) is 30.1. The van der Waals surface area contributed by atoms with Gasteiger partial charge in [-0.1, -0.05) is 24.3 Å². The van der Waals surface area contributed by atoms with E-state index < -0.39 is 10.0 Å². The minimum absolute atomic E-state index is 0.0162. The molecule has 226 valence electrons. The average Bonchev–Trinajstić information content (AvgIpc) is 2.99. The molecule has 2 aliphatic rings. The molecule has 2 fully saturated rings. The standard InChI is InChI=1S/C31H40N4O4S3/c1-4-5-11-29(40-2)41-34-18-7-9-24(21-34)31(37)33-27-12-13-28(30-25(22-36)8-6-10-26(27)30)32-17-14-23-15-19-35(20-16-23)42(3,38)39/h1,6,8,10-13,22-24,32H,5,7,9,14-21H2,2-3H3,(H,33,37)/b29-11+. The van der Waals surface area contributed by atoms with Gasteiger partial charge in [-0.25, -0.2) is 17.0 Å². The molecule has 11 heteroatoms. The van der Waals surface area contributed by atoms with Gasteiger partial charge in [0.1, 0.15) is 0 Å². The largest absolute Gasteiger partial charge is 0.385 e. The van der Waals surface area contributed by atoms with Crippen LogP contribution >= 0.6 is 23.7 Å². The molecule has 4 rings (SSSR count). The van der Waals surface area contributed by atoms with Crippen LogP contribution in [0.25, 0.3) is 10.8 Å². The molecule has 2 heterocycles. The lowest BCUT2D eigenvalue weighted by atomic mass is 9.94. The zero-order valence-electron chi connectivity index (χ0n) is 24.3. The van der Waals surface area contributed by atoms with Crippen molar-refractivity contribution in [2.75, 3.05) is 55.9 Å². The number of hydrogen-bond donors (Lipinski definition) is 2. The van der Waals surface area contributed by atoms with Crippen LogP contribution in [-0.4, -0.2) is 74.5 Å². The molecule has 1 amide bonds. The Morgan fingerprint density at radius 1 is 1.14 bits per heavy atom. The molecular formula is C31H40N4O4S3. The van der Waals surface area contributed by atoms with Gasteiger partial charge in [0.2, 0.25) is 15.9 Å². The summed E-state index contributed by atoms with van der Waals surface area (Å²) in [4.78, 5) is 25.4. The number of allylic oxidation sites excluding steroid dienone is 1. The van der Waals surface area contributed by atoms with Crippen LogP contribution in [0, 0.1) is 24.2 Å². The summed E-state index contributed by atoms with van der Waals surface area (Å²) in [6.45, 7) is 3.42. The molecule has 0 radical (unpaired) electrons. The number of nitrogens with one attached hydrogen (secondary N) is 2. The molecule has 0 aromatic heterocycles. The van der Waals surface area contributed by atoms with Gasteiger partial charge in [-0.3, -0.25) is 9.59 Å². The van der Waals surface area contributed by atoms with Crippen LogP contribution in [0.3, 0.4) is 0 Å². The summed E-state index contributed by atoms with van der Waals surface area (Å²) in [6, 6.07) is 9.41. The minimum atomic E-state index is -3.13. The molecule has 2 saturated heterocycles. The molecule has 0 spiro atoms. The number of terminal acetylenes is 1. The number of thioether (sulfide) groups is 1. The molecule has 42 heavy (non-hydrogen) atoms. The highest BCUT2D eigenvalue weighted by molar-refractivity contribution is 8.21.